The van der Waals surface area contributed by atoms with Gasteiger partial charge in [-0.15, -0.1) is 0 Å². The monoisotopic (exact) mass is 405 g/mol. The van der Waals surface area contributed by atoms with Crippen molar-refractivity contribution in [2.75, 3.05) is 10.0 Å². The molecule has 4 rings (SSSR count). The molecule has 0 aliphatic heterocycles. The van der Waals surface area contributed by atoms with Gasteiger partial charge in [0.05, 0.1) is 16.1 Å². The third kappa shape index (κ3) is 3.77. The van der Waals surface area contributed by atoms with Gasteiger partial charge in [0.25, 0.3) is 10.0 Å². The molecule has 2 N–H and O–H groups in total. The molecule has 0 radical (unpaired) electrons. The summed E-state index contributed by atoms with van der Waals surface area (Å²) < 4.78 is 28.6. The summed E-state index contributed by atoms with van der Waals surface area (Å²) in [6, 6.07) is 19.4. The van der Waals surface area contributed by atoms with Crippen LogP contribution in [-0.2, 0) is 14.8 Å². The van der Waals surface area contributed by atoms with Crippen molar-refractivity contribution in [1.82, 2.24) is 4.98 Å². The van der Waals surface area contributed by atoms with Gasteiger partial charge >= 0.3 is 0 Å². The quantitative estimate of drug-likeness (QED) is 0.491. The fourth-order valence-electron chi connectivity index (χ4n) is 3.30. The number of nitrogens with one attached hydrogen (secondary N) is 2. The number of nitrogens with zero attached hydrogens (tertiary/aromatic N) is 1. The van der Waals surface area contributed by atoms with Gasteiger partial charge < -0.3 is 5.32 Å². The zero-order valence-electron chi connectivity index (χ0n) is 15.9. The third-order valence-electron chi connectivity index (χ3n) is 4.56. The van der Waals surface area contributed by atoms with Crippen LogP contribution in [0.15, 0.2) is 71.6 Å². The smallest absolute Gasteiger partial charge is 0.261 e. The minimum atomic E-state index is -3.81. The Hall–Kier alpha value is -3.45. The van der Waals surface area contributed by atoms with Crippen molar-refractivity contribution < 1.29 is 13.2 Å². The molecule has 4 aromatic rings. The number of fused-ring (bicyclic) bond motifs is 3. The highest BCUT2D eigenvalue weighted by molar-refractivity contribution is 7.92. The topological polar surface area (TPSA) is 88.2 Å². The summed E-state index contributed by atoms with van der Waals surface area (Å²) in [6.45, 7) is 3.23. The van der Waals surface area contributed by atoms with E-state index in [0.29, 0.717) is 17.1 Å². The highest BCUT2D eigenvalue weighted by Crippen LogP contribution is 2.31. The molecule has 6 nitrogen and oxygen atoms in total. The minimum Gasteiger partial charge on any atom is -0.326 e. The Kier molecular flexibility index (Phi) is 4.68. The molecule has 0 fully saturated rings. The molecular weight excluding hydrogens is 386 g/mol. The highest BCUT2D eigenvalue weighted by atomic mass is 32.2. The molecule has 0 atom stereocenters. The predicted octanol–water partition coefficient (Wildman–Crippen LogP) is 4.46. The zero-order valence-corrected chi connectivity index (χ0v) is 16.7. The van der Waals surface area contributed by atoms with Crippen LogP contribution in [-0.4, -0.2) is 19.3 Å². The summed E-state index contributed by atoms with van der Waals surface area (Å²) in [5.41, 5.74) is 2.48. The van der Waals surface area contributed by atoms with Crippen LogP contribution in [0.3, 0.4) is 0 Å². The average molecular weight is 405 g/mol. The standard InChI is InChI=1S/C22H19N3O3S/c1-14-13-21(20-12-7-16-5-3-4-6-19(16)22(20)23-14)25-29(27,28)18-10-8-17(9-11-18)24-15(2)26/h3-13H,1-2H3,(H,23,25)(H,24,26). The summed E-state index contributed by atoms with van der Waals surface area (Å²) in [5.74, 6) is -0.218. The number of amides is 1. The number of benzene rings is 3. The summed E-state index contributed by atoms with van der Waals surface area (Å²) in [5, 5.41) is 5.36. The number of carbonyl (C=O) groups excluding carboxylic acids is 1. The predicted molar refractivity (Wildman–Crippen MR) is 116 cm³/mol. The van der Waals surface area contributed by atoms with E-state index in [1.807, 2.05) is 43.3 Å². The van der Waals surface area contributed by atoms with Gasteiger partial charge in [0.15, 0.2) is 0 Å². The van der Waals surface area contributed by atoms with Crippen molar-refractivity contribution in [1.29, 1.82) is 0 Å². The third-order valence-corrected chi connectivity index (χ3v) is 5.94. The molecule has 0 aliphatic carbocycles. The van der Waals surface area contributed by atoms with Gasteiger partial charge in [0, 0.05) is 29.1 Å². The lowest BCUT2D eigenvalue weighted by Crippen LogP contribution is -2.14. The van der Waals surface area contributed by atoms with Crippen molar-refractivity contribution in [3.8, 4) is 0 Å². The first kappa shape index (κ1) is 18.9. The maximum atomic E-state index is 12.9. The number of aryl methyl sites for hydroxylation is 1. The van der Waals surface area contributed by atoms with Crippen molar-refractivity contribution in [3.63, 3.8) is 0 Å². The summed E-state index contributed by atoms with van der Waals surface area (Å²) in [7, 11) is -3.81. The van der Waals surface area contributed by atoms with Gasteiger partial charge in [-0.2, -0.15) is 0 Å². The Morgan fingerprint density at radius 3 is 2.38 bits per heavy atom. The first-order chi connectivity index (χ1) is 13.8. The first-order valence-electron chi connectivity index (χ1n) is 9.03. The van der Waals surface area contributed by atoms with E-state index in [-0.39, 0.29) is 10.8 Å². The molecule has 0 bridgehead atoms. The molecule has 29 heavy (non-hydrogen) atoms. The van der Waals surface area contributed by atoms with Crippen LogP contribution in [0.4, 0.5) is 11.4 Å². The first-order valence-corrected chi connectivity index (χ1v) is 10.5. The van der Waals surface area contributed by atoms with E-state index in [1.54, 1.807) is 18.2 Å². The molecule has 0 aliphatic rings. The number of rotatable bonds is 4. The van der Waals surface area contributed by atoms with E-state index in [4.69, 9.17) is 0 Å². The Morgan fingerprint density at radius 1 is 0.931 bits per heavy atom. The molecule has 146 valence electrons. The minimum absolute atomic E-state index is 0.106. The van der Waals surface area contributed by atoms with Gasteiger partial charge in [0.2, 0.25) is 5.91 Å². The molecule has 0 saturated heterocycles. The van der Waals surface area contributed by atoms with Crippen molar-refractivity contribution in [2.24, 2.45) is 0 Å². The summed E-state index contributed by atoms with van der Waals surface area (Å²) >= 11 is 0. The van der Waals surface area contributed by atoms with E-state index in [1.165, 1.54) is 19.1 Å². The van der Waals surface area contributed by atoms with Crippen LogP contribution in [0.2, 0.25) is 0 Å². The van der Waals surface area contributed by atoms with Gasteiger partial charge in [-0.25, -0.2) is 8.42 Å². The lowest BCUT2D eigenvalue weighted by Gasteiger charge is -2.13. The van der Waals surface area contributed by atoms with Crippen LogP contribution in [0.5, 0.6) is 0 Å². The maximum Gasteiger partial charge on any atom is 0.261 e. The van der Waals surface area contributed by atoms with Crippen LogP contribution < -0.4 is 10.0 Å². The van der Waals surface area contributed by atoms with E-state index < -0.39 is 10.0 Å². The van der Waals surface area contributed by atoms with Crippen LogP contribution in [0.25, 0.3) is 21.7 Å². The second-order valence-corrected chi connectivity index (χ2v) is 8.49. The molecule has 0 saturated carbocycles. The molecule has 0 spiro atoms. The van der Waals surface area contributed by atoms with Crippen LogP contribution in [0.1, 0.15) is 12.6 Å². The Morgan fingerprint density at radius 2 is 1.66 bits per heavy atom. The fourth-order valence-corrected chi connectivity index (χ4v) is 4.37. The van der Waals surface area contributed by atoms with Crippen molar-refractivity contribution in [2.45, 2.75) is 18.7 Å². The van der Waals surface area contributed by atoms with Crippen molar-refractivity contribution in [3.05, 3.63) is 72.4 Å². The van der Waals surface area contributed by atoms with E-state index in [9.17, 15) is 13.2 Å². The number of carbonyl (C=O) groups is 1. The normalized spacial score (nSPS) is 11.5. The number of anilines is 2. The Bertz CT molecular complexity index is 1350. The van der Waals surface area contributed by atoms with Gasteiger partial charge in [-0.1, -0.05) is 36.4 Å². The second-order valence-electron chi connectivity index (χ2n) is 6.81. The SMILES string of the molecule is CC(=O)Nc1ccc(S(=O)(=O)Nc2cc(C)nc3c2ccc2ccccc23)cc1. The maximum absolute atomic E-state index is 12.9. The largest absolute Gasteiger partial charge is 0.326 e. The molecule has 1 amide bonds. The number of hydrogen-bond acceptors (Lipinski definition) is 4. The zero-order chi connectivity index (χ0) is 20.6. The number of pyridine rings is 1. The van der Waals surface area contributed by atoms with Gasteiger partial charge in [-0.3, -0.25) is 14.5 Å². The Labute approximate surface area is 168 Å². The number of sulfonamides is 1. The van der Waals surface area contributed by atoms with E-state index in [2.05, 4.69) is 15.0 Å². The average Bonchev–Trinajstić information content (AvgIpc) is 2.67. The summed E-state index contributed by atoms with van der Waals surface area (Å²) in [6.07, 6.45) is 0. The number of aromatic nitrogens is 1. The molecule has 1 heterocycles. The van der Waals surface area contributed by atoms with Crippen LogP contribution in [0, 0.1) is 6.92 Å². The highest BCUT2D eigenvalue weighted by Gasteiger charge is 2.17. The lowest BCUT2D eigenvalue weighted by atomic mass is 10.0. The Balaban J connectivity index is 1.77. The van der Waals surface area contributed by atoms with E-state index >= 15 is 0 Å². The second kappa shape index (κ2) is 7.18. The molecule has 7 heteroatoms. The fraction of sp³-hybridized carbons (Fsp3) is 0.0909. The van der Waals surface area contributed by atoms with Crippen molar-refractivity contribution >= 4 is 49.0 Å². The summed E-state index contributed by atoms with van der Waals surface area (Å²) in [4.78, 5) is 15.9. The molecule has 0 unspecified atom stereocenters. The van der Waals surface area contributed by atoms with Gasteiger partial charge in [0.1, 0.15) is 0 Å². The molecule has 3 aromatic carbocycles. The molecular formula is C22H19N3O3S. The van der Waals surface area contributed by atoms with E-state index in [0.717, 1.165) is 21.7 Å². The number of hydrogen-bond donors (Lipinski definition) is 2. The lowest BCUT2D eigenvalue weighted by molar-refractivity contribution is -0.114. The van der Waals surface area contributed by atoms with Crippen LogP contribution >= 0.6 is 0 Å². The van der Waals surface area contributed by atoms with Gasteiger partial charge in [-0.05, 0) is 42.6 Å². The molecule has 1 aromatic heterocycles.